The number of rotatable bonds is 4. The fourth-order valence-corrected chi connectivity index (χ4v) is 3.37. The SMILES string of the molecule is COC1CCN(c2ccc(NC(=O)c3cnc4ccccc4n3)cc2)CC1. The van der Waals surface area contributed by atoms with Crippen molar-refractivity contribution < 1.29 is 9.53 Å². The fraction of sp³-hybridized carbons (Fsp3) is 0.286. The summed E-state index contributed by atoms with van der Waals surface area (Å²) in [5, 5.41) is 2.89. The molecule has 1 saturated heterocycles. The molecule has 3 aromatic rings. The van der Waals surface area contributed by atoms with E-state index in [0.29, 0.717) is 17.3 Å². The van der Waals surface area contributed by atoms with Gasteiger partial charge in [-0.15, -0.1) is 0 Å². The van der Waals surface area contributed by atoms with E-state index in [1.165, 1.54) is 6.20 Å². The molecule has 2 aromatic carbocycles. The minimum absolute atomic E-state index is 0.262. The van der Waals surface area contributed by atoms with E-state index < -0.39 is 0 Å². The highest BCUT2D eigenvalue weighted by Gasteiger charge is 2.19. The maximum Gasteiger partial charge on any atom is 0.275 e. The van der Waals surface area contributed by atoms with Gasteiger partial charge in [0.15, 0.2) is 0 Å². The van der Waals surface area contributed by atoms with Crippen molar-refractivity contribution in [1.82, 2.24) is 9.97 Å². The summed E-state index contributed by atoms with van der Waals surface area (Å²) in [4.78, 5) is 23.5. The average molecular weight is 362 g/mol. The molecule has 138 valence electrons. The highest BCUT2D eigenvalue weighted by Crippen LogP contribution is 2.23. The van der Waals surface area contributed by atoms with Gasteiger partial charge in [-0.3, -0.25) is 9.78 Å². The van der Waals surface area contributed by atoms with Gasteiger partial charge in [-0.2, -0.15) is 0 Å². The van der Waals surface area contributed by atoms with Crippen LogP contribution in [-0.4, -0.2) is 42.2 Å². The van der Waals surface area contributed by atoms with Gasteiger partial charge in [0.05, 0.1) is 23.3 Å². The number of carbonyl (C=O) groups is 1. The molecule has 4 rings (SSSR count). The Hall–Kier alpha value is -2.99. The molecule has 1 aliphatic rings. The third-order valence-corrected chi connectivity index (χ3v) is 4.95. The molecule has 1 fully saturated rings. The van der Waals surface area contributed by atoms with Gasteiger partial charge in [0.1, 0.15) is 5.69 Å². The summed E-state index contributed by atoms with van der Waals surface area (Å²) in [7, 11) is 1.78. The second kappa shape index (κ2) is 7.72. The molecule has 0 spiro atoms. The van der Waals surface area contributed by atoms with Crippen LogP contribution in [0.1, 0.15) is 23.3 Å². The van der Waals surface area contributed by atoms with Crippen LogP contribution in [0.25, 0.3) is 11.0 Å². The second-order valence-electron chi connectivity index (χ2n) is 6.67. The first kappa shape index (κ1) is 17.4. The first-order chi connectivity index (χ1) is 13.2. The molecule has 6 nitrogen and oxygen atoms in total. The molecule has 1 aromatic heterocycles. The van der Waals surface area contributed by atoms with Crippen molar-refractivity contribution in [2.45, 2.75) is 18.9 Å². The minimum atomic E-state index is -0.262. The Morgan fingerprint density at radius 1 is 1.07 bits per heavy atom. The first-order valence-electron chi connectivity index (χ1n) is 9.14. The van der Waals surface area contributed by atoms with Crippen LogP contribution in [0.2, 0.25) is 0 Å². The standard InChI is InChI=1S/C21H22N4O2/c1-27-17-10-12-25(13-11-17)16-8-6-15(7-9-16)23-21(26)20-14-22-18-4-2-3-5-19(18)24-20/h2-9,14,17H,10-13H2,1H3,(H,23,26). The highest BCUT2D eigenvalue weighted by atomic mass is 16.5. The zero-order valence-electron chi connectivity index (χ0n) is 15.3. The topological polar surface area (TPSA) is 67.3 Å². The molecule has 0 aliphatic carbocycles. The summed E-state index contributed by atoms with van der Waals surface area (Å²) in [6.07, 6.45) is 3.94. The third kappa shape index (κ3) is 3.90. The predicted molar refractivity (Wildman–Crippen MR) is 106 cm³/mol. The molecule has 1 aliphatic heterocycles. The van der Waals surface area contributed by atoms with Crippen molar-refractivity contribution in [3.63, 3.8) is 0 Å². The van der Waals surface area contributed by atoms with Crippen LogP contribution in [0, 0.1) is 0 Å². The van der Waals surface area contributed by atoms with Crippen LogP contribution in [0.15, 0.2) is 54.7 Å². The molecular weight excluding hydrogens is 340 g/mol. The number of hydrogen-bond donors (Lipinski definition) is 1. The molecule has 1 amide bonds. The van der Waals surface area contributed by atoms with Crippen molar-refractivity contribution >= 4 is 28.3 Å². The number of para-hydroxylation sites is 2. The number of ether oxygens (including phenoxy) is 1. The number of fused-ring (bicyclic) bond motifs is 1. The molecular formula is C21H22N4O2. The zero-order chi connectivity index (χ0) is 18.6. The third-order valence-electron chi connectivity index (χ3n) is 4.95. The lowest BCUT2D eigenvalue weighted by molar-refractivity contribution is 0.0819. The number of carbonyl (C=O) groups excluding carboxylic acids is 1. The highest BCUT2D eigenvalue weighted by molar-refractivity contribution is 6.03. The van der Waals surface area contributed by atoms with E-state index >= 15 is 0 Å². The number of anilines is 2. The minimum Gasteiger partial charge on any atom is -0.381 e. The van der Waals surface area contributed by atoms with Gasteiger partial charge in [-0.1, -0.05) is 12.1 Å². The van der Waals surface area contributed by atoms with Gasteiger partial charge in [0.2, 0.25) is 0 Å². The summed E-state index contributed by atoms with van der Waals surface area (Å²) < 4.78 is 5.42. The number of aromatic nitrogens is 2. The van der Waals surface area contributed by atoms with Crippen LogP contribution < -0.4 is 10.2 Å². The van der Waals surface area contributed by atoms with Gasteiger partial charge in [-0.05, 0) is 49.2 Å². The second-order valence-corrected chi connectivity index (χ2v) is 6.67. The van der Waals surface area contributed by atoms with Crippen LogP contribution in [-0.2, 0) is 4.74 Å². The number of piperidine rings is 1. The van der Waals surface area contributed by atoms with Crippen molar-refractivity contribution in [1.29, 1.82) is 0 Å². The van der Waals surface area contributed by atoms with Crippen molar-refractivity contribution in [2.24, 2.45) is 0 Å². The van der Waals surface area contributed by atoms with E-state index in [1.54, 1.807) is 7.11 Å². The number of methoxy groups -OCH3 is 1. The maximum atomic E-state index is 12.5. The molecule has 0 unspecified atom stereocenters. The number of nitrogens with one attached hydrogen (secondary N) is 1. The van der Waals surface area contributed by atoms with E-state index in [4.69, 9.17) is 4.74 Å². The van der Waals surface area contributed by atoms with Gasteiger partial charge in [-0.25, -0.2) is 4.98 Å². The Bertz CT molecular complexity index is 934. The normalized spacial score (nSPS) is 15.1. The van der Waals surface area contributed by atoms with E-state index in [2.05, 4.69) is 20.2 Å². The van der Waals surface area contributed by atoms with Crippen molar-refractivity contribution in [2.75, 3.05) is 30.4 Å². The number of nitrogens with zero attached hydrogens (tertiary/aromatic N) is 3. The lowest BCUT2D eigenvalue weighted by Gasteiger charge is -2.33. The van der Waals surface area contributed by atoms with Crippen LogP contribution >= 0.6 is 0 Å². The predicted octanol–water partition coefficient (Wildman–Crippen LogP) is 3.50. The summed E-state index contributed by atoms with van der Waals surface area (Å²) in [6, 6.07) is 15.4. The van der Waals surface area contributed by atoms with Crippen LogP contribution in [0.4, 0.5) is 11.4 Å². The summed E-state index contributed by atoms with van der Waals surface area (Å²) in [5.41, 5.74) is 3.69. The molecule has 1 N–H and O–H groups in total. The van der Waals surface area contributed by atoms with Gasteiger partial charge in [0, 0.05) is 31.6 Å². The summed E-state index contributed by atoms with van der Waals surface area (Å²) in [6.45, 7) is 1.97. The largest absolute Gasteiger partial charge is 0.381 e. The smallest absolute Gasteiger partial charge is 0.275 e. The van der Waals surface area contributed by atoms with Gasteiger partial charge < -0.3 is 15.0 Å². The van der Waals surface area contributed by atoms with Gasteiger partial charge in [0.25, 0.3) is 5.91 Å². The van der Waals surface area contributed by atoms with E-state index in [9.17, 15) is 4.79 Å². The Morgan fingerprint density at radius 2 is 1.78 bits per heavy atom. The summed E-state index contributed by atoms with van der Waals surface area (Å²) >= 11 is 0. The monoisotopic (exact) mass is 362 g/mol. The Balaban J connectivity index is 1.42. The van der Waals surface area contributed by atoms with Crippen molar-refractivity contribution in [3.8, 4) is 0 Å². The Kier molecular flexibility index (Phi) is 4.98. The number of amides is 1. The molecule has 0 atom stereocenters. The zero-order valence-corrected chi connectivity index (χ0v) is 15.3. The van der Waals surface area contributed by atoms with Crippen LogP contribution in [0.3, 0.4) is 0 Å². The molecule has 0 bridgehead atoms. The number of benzene rings is 2. The lowest BCUT2D eigenvalue weighted by atomic mass is 10.1. The Labute approximate surface area is 158 Å². The van der Waals surface area contributed by atoms with Crippen LogP contribution in [0.5, 0.6) is 0 Å². The molecule has 0 radical (unpaired) electrons. The first-order valence-corrected chi connectivity index (χ1v) is 9.14. The molecule has 27 heavy (non-hydrogen) atoms. The molecule has 2 heterocycles. The van der Waals surface area contributed by atoms with Crippen molar-refractivity contribution in [3.05, 3.63) is 60.4 Å². The average Bonchev–Trinajstić information content (AvgIpc) is 2.74. The lowest BCUT2D eigenvalue weighted by Crippen LogP contribution is -2.36. The van der Waals surface area contributed by atoms with E-state index in [0.717, 1.165) is 42.8 Å². The molecule has 0 saturated carbocycles. The molecule has 6 heteroatoms. The van der Waals surface area contributed by atoms with E-state index in [-0.39, 0.29) is 5.91 Å². The Morgan fingerprint density at radius 3 is 2.48 bits per heavy atom. The summed E-state index contributed by atoms with van der Waals surface area (Å²) in [5.74, 6) is -0.262. The maximum absolute atomic E-state index is 12.5. The van der Waals surface area contributed by atoms with Gasteiger partial charge >= 0.3 is 0 Å². The number of hydrogen-bond acceptors (Lipinski definition) is 5. The quantitative estimate of drug-likeness (QED) is 0.769. The fourth-order valence-electron chi connectivity index (χ4n) is 3.37. The van der Waals surface area contributed by atoms with E-state index in [1.807, 2.05) is 48.5 Å².